The predicted octanol–water partition coefficient (Wildman–Crippen LogP) is 3.66. The van der Waals surface area contributed by atoms with Crippen LogP contribution in [0.2, 0.25) is 0 Å². The van der Waals surface area contributed by atoms with Gasteiger partial charge >= 0.3 is 6.03 Å². The predicted molar refractivity (Wildman–Crippen MR) is 74.3 cm³/mol. The van der Waals surface area contributed by atoms with Crippen LogP contribution >= 0.6 is 0 Å². The van der Waals surface area contributed by atoms with Crippen LogP contribution in [0.3, 0.4) is 0 Å². The smallest absolute Gasteiger partial charge is 0.321 e. The number of piperidine rings is 1. The quantitative estimate of drug-likeness (QED) is 0.814. The number of hydrogen-bond donors (Lipinski definition) is 1. The number of rotatable bonds is 3. The van der Waals surface area contributed by atoms with E-state index in [1.807, 2.05) is 11.1 Å². The molecule has 0 aromatic carbocycles. The molecule has 3 nitrogen and oxygen atoms in total. The van der Waals surface area contributed by atoms with Gasteiger partial charge in [0, 0.05) is 18.8 Å². The molecular weight excluding hydrogens is 224 g/mol. The minimum absolute atomic E-state index is 0.0933. The SMILES string of the molecule is CCC1CCCCN1C(=O)N/C=C/C1CCCC1. The number of carbonyl (C=O) groups is 1. The lowest BCUT2D eigenvalue weighted by atomic mass is 10.0. The molecule has 1 saturated heterocycles. The van der Waals surface area contributed by atoms with Gasteiger partial charge in [-0.05, 0) is 44.4 Å². The maximum atomic E-state index is 12.1. The lowest BCUT2D eigenvalue weighted by molar-refractivity contribution is 0.152. The van der Waals surface area contributed by atoms with Crippen LogP contribution in [-0.2, 0) is 0 Å². The van der Waals surface area contributed by atoms with Crippen molar-refractivity contribution in [3.05, 3.63) is 12.3 Å². The fourth-order valence-corrected chi connectivity index (χ4v) is 3.18. The zero-order chi connectivity index (χ0) is 12.8. The number of hydrogen-bond acceptors (Lipinski definition) is 1. The molecule has 1 atom stereocenters. The molecule has 0 spiro atoms. The normalized spacial score (nSPS) is 25.8. The maximum Gasteiger partial charge on any atom is 0.321 e. The van der Waals surface area contributed by atoms with E-state index in [1.165, 1.54) is 32.1 Å². The van der Waals surface area contributed by atoms with Crippen molar-refractivity contribution in [3.8, 4) is 0 Å². The van der Waals surface area contributed by atoms with Gasteiger partial charge in [0.25, 0.3) is 0 Å². The van der Waals surface area contributed by atoms with Gasteiger partial charge in [-0.1, -0.05) is 25.8 Å². The summed E-state index contributed by atoms with van der Waals surface area (Å²) in [7, 11) is 0. The Morgan fingerprint density at radius 2 is 1.94 bits per heavy atom. The zero-order valence-electron chi connectivity index (χ0n) is 11.5. The summed E-state index contributed by atoms with van der Waals surface area (Å²) in [5.41, 5.74) is 0. The molecule has 3 heteroatoms. The number of urea groups is 1. The standard InChI is InChI=1S/C15H26N2O/c1-2-14-9-5-6-12-17(14)15(18)16-11-10-13-7-3-4-8-13/h10-11,13-14H,2-9,12H2,1H3,(H,16,18)/b11-10+. The van der Waals surface area contributed by atoms with E-state index in [0.717, 1.165) is 25.8 Å². The first-order chi connectivity index (χ1) is 8.81. The molecule has 0 bridgehead atoms. The highest BCUT2D eigenvalue weighted by Crippen LogP contribution is 2.25. The number of likely N-dealkylation sites (tertiary alicyclic amines) is 1. The van der Waals surface area contributed by atoms with E-state index in [9.17, 15) is 4.79 Å². The molecule has 102 valence electrons. The topological polar surface area (TPSA) is 32.3 Å². The van der Waals surface area contributed by atoms with Crippen molar-refractivity contribution in [3.63, 3.8) is 0 Å². The van der Waals surface area contributed by atoms with Crippen LogP contribution < -0.4 is 5.32 Å². The second-order valence-corrected chi connectivity index (χ2v) is 5.60. The van der Waals surface area contributed by atoms with Crippen molar-refractivity contribution in [1.29, 1.82) is 0 Å². The molecule has 1 aliphatic carbocycles. The van der Waals surface area contributed by atoms with Gasteiger partial charge in [0.15, 0.2) is 0 Å². The van der Waals surface area contributed by atoms with Crippen LogP contribution in [0.1, 0.15) is 58.3 Å². The van der Waals surface area contributed by atoms with Gasteiger partial charge in [0.1, 0.15) is 0 Å². The lowest BCUT2D eigenvalue weighted by Crippen LogP contribution is -2.47. The van der Waals surface area contributed by atoms with Gasteiger partial charge in [-0.2, -0.15) is 0 Å². The molecule has 1 unspecified atom stereocenters. The Bertz CT molecular complexity index is 295. The summed E-state index contributed by atoms with van der Waals surface area (Å²) in [5, 5.41) is 2.95. The van der Waals surface area contributed by atoms with Gasteiger partial charge in [-0.25, -0.2) is 4.79 Å². The van der Waals surface area contributed by atoms with Crippen molar-refractivity contribution >= 4 is 6.03 Å². The third kappa shape index (κ3) is 3.50. The number of amides is 2. The first kappa shape index (κ1) is 13.4. The average molecular weight is 250 g/mol. The molecule has 1 heterocycles. The maximum absolute atomic E-state index is 12.1. The van der Waals surface area contributed by atoms with Crippen LogP contribution in [0, 0.1) is 5.92 Å². The molecule has 2 fully saturated rings. The van der Waals surface area contributed by atoms with Gasteiger partial charge in [0.05, 0.1) is 0 Å². The second kappa shape index (κ2) is 6.81. The van der Waals surface area contributed by atoms with Crippen LogP contribution in [0.5, 0.6) is 0 Å². The van der Waals surface area contributed by atoms with Crippen molar-refractivity contribution in [2.45, 2.75) is 64.3 Å². The summed E-state index contributed by atoms with van der Waals surface area (Å²) < 4.78 is 0. The first-order valence-electron chi connectivity index (χ1n) is 7.55. The summed E-state index contributed by atoms with van der Waals surface area (Å²) in [6, 6.07) is 0.537. The molecule has 1 aliphatic heterocycles. The number of allylic oxidation sites excluding steroid dienone is 1. The molecule has 1 saturated carbocycles. The highest BCUT2D eigenvalue weighted by Gasteiger charge is 2.24. The first-order valence-corrected chi connectivity index (χ1v) is 7.55. The molecule has 0 radical (unpaired) electrons. The lowest BCUT2D eigenvalue weighted by Gasteiger charge is -2.34. The van der Waals surface area contributed by atoms with Crippen molar-refractivity contribution < 1.29 is 4.79 Å². The largest absolute Gasteiger partial charge is 0.322 e. The summed E-state index contributed by atoms with van der Waals surface area (Å²) in [5.74, 6) is 0.689. The Balaban J connectivity index is 1.78. The summed E-state index contributed by atoms with van der Waals surface area (Å²) >= 11 is 0. The van der Waals surface area contributed by atoms with Crippen molar-refractivity contribution in [2.75, 3.05) is 6.54 Å². The molecule has 1 N–H and O–H groups in total. The van der Waals surface area contributed by atoms with Crippen molar-refractivity contribution in [1.82, 2.24) is 10.2 Å². The van der Waals surface area contributed by atoms with Crippen LogP contribution in [0.15, 0.2) is 12.3 Å². The zero-order valence-corrected chi connectivity index (χ0v) is 11.5. The number of nitrogens with zero attached hydrogens (tertiary/aromatic N) is 1. The molecule has 2 amide bonds. The van der Waals surface area contributed by atoms with Crippen molar-refractivity contribution in [2.24, 2.45) is 5.92 Å². The van der Waals surface area contributed by atoms with E-state index in [1.54, 1.807) is 0 Å². The van der Waals surface area contributed by atoms with E-state index in [2.05, 4.69) is 18.3 Å². The molecule has 2 aliphatic rings. The van der Waals surface area contributed by atoms with Crippen LogP contribution in [0.25, 0.3) is 0 Å². The van der Waals surface area contributed by atoms with Gasteiger partial charge in [-0.15, -0.1) is 0 Å². The average Bonchev–Trinajstić information content (AvgIpc) is 2.91. The van der Waals surface area contributed by atoms with Gasteiger partial charge in [0.2, 0.25) is 0 Å². The van der Waals surface area contributed by atoms with E-state index >= 15 is 0 Å². The molecule has 0 aromatic heterocycles. The van der Waals surface area contributed by atoms with Gasteiger partial charge < -0.3 is 10.2 Å². The summed E-state index contributed by atoms with van der Waals surface area (Å²) in [6.45, 7) is 3.09. The van der Waals surface area contributed by atoms with E-state index in [-0.39, 0.29) is 6.03 Å². The Morgan fingerprint density at radius 1 is 1.22 bits per heavy atom. The molecular formula is C15H26N2O. The second-order valence-electron chi connectivity index (χ2n) is 5.60. The van der Waals surface area contributed by atoms with Crippen LogP contribution in [-0.4, -0.2) is 23.5 Å². The number of carbonyl (C=O) groups excluding carboxylic acids is 1. The minimum Gasteiger partial charge on any atom is -0.322 e. The fourth-order valence-electron chi connectivity index (χ4n) is 3.18. The third-order valence-corrected chi connectivity index (χ3v) is 4.33. The van der Waals surface area contributed by atoms with E-state index < -0.39 is 0 Å². The minimum atomic E-state index is 0.0933. The summed E-state index contributed by atoms with van der Waals surface area (Å²) in [6.07, 6.45) is 13.9. The monoisotopic (exact) mass is 250 g/mol. The Hall–Kier alpha value is -0.990. The highest BCUT2D eigenvalue weighted by molar-refractivity contribution is 5.75. The Labute approximate surface area is 111 Å². The van der Waals surface area contributed by atoms with Gasteiger partial charge in [-0.3, -0.25) is 0 Å². The Morgan fingerprint density at radius 3 is 2.67 bits per heavy atom. The van der Waals surface area contributed by atoms with E-state index in [0.29, 0.717) is 12.0 Å². The summed E-state index contributed by atoms with van der Waals surface area (Å²) in [4.78, 5) is 14.1. The molecule has 18 heavy (non-hydrogen) atoms. The molecule has 2 rings (SSSR count). The fraction of sp³-hybridized carbons (Fsp3) is 0.800. The number of nitrogens with one attached hydrogen (secondary N) is 1. The van der Waals surface area contributed by atoms with Crippen LogP contribution in [0.4, 0.5) is 4.79 Å². The molecule has 0 aromatic rings. The highest BCUT2D eigenvalue weighted by atomic mass is 16.2. The Kier molecular flexibility index (Phi) is 5.09. The third-order valence-electron chi connectivity index (χ3n) is 4.33. The van der Waals surface area contributed by atoms with E-state index in [4.69, 9.17) is 0 Å².